The molecule has 2 N–H and O–H groups in total. The van der Waals surface area contributed by atoms with Crippen LogP contribution in [0.1, 0.15) is 6.92 Å². The zero-order valence-electron chi connectivity index (χ0n) is 19.8. The second kappa shape index (κ2) is 11.2. The van der Waals surface area contributed by atoms with Crippen molar-refractivity contribution in [2.75, 3.05) is 26.6 Å². The highest BCUT2D eigenvalue weighted by Crippen LogP contribution is 2.33. The zero-order valence-corrected chi connectivity index (χ0v) is 20.6. The molecule has 2 heterocycles. The lowest BCUT2D eigenvalue weighted by Gasteiger charge is -2.43. The zero-order chi connectivity index (χ0) is 24.9. The van der Waals surface area contributed by atoms with E-state index in [1.165, 1.54) is 0 Å². The molecule has 0 aliphatic carbocycles. The summed E-state index contributed by atoms with van der Waals surface area (Å²) in [6, 6.07) is 13.9. The maximum absolute atomic E-state index is 12.7. The molecule has 35 heavy (non-hydrogen) atoms. The van der Waals surface area contributed by atoms with E-state index in [0.717, 1.165) is 23.0 Å². The van der Waals surface area contributed by atoms with Crippen LogP contribution < -0.4 is 5.32 Å². The molecule has 1 aliphatic rings. The number of carbonyl (C=O) groups excluding carboxylic acids is 1. The number of nitrogens with zero attached hydrogens (tertiary/aromatic N) is 3. The number of phenolic OH excluding ortho intramolecular Hbond substituents is 1. The van der Waals surface area contributed by atoms with Crippen molar-refractivity contribution in [1.82, 2.24) is 14.8 Å². The number of amides is 1. The summed E-state index contributed by atoms with van der Waals surface area (Å²) in [4.78, 5) is 17.1. The lowest BCUT2D eigenvalue weighted by molar-refractivity contribution is -0.216. The first-order chi connectivity index (χ1) is 16.9. The van der Waals surface area contributed by atoms with E-state index < -0.39 is 11.5 Å². The molecule has 11 heteroatoms. The number of phenols is 1. The van der Waals surface area contributed by atoms with Crippen molar-refractivity contribution in [1.29, 1.82) is 0 Å². The van der Waals surface area contributed by atoms with Crippen molar-refractivity contribution in [2.24, 2.45) is 0 Å². The van der Waals surface area contributed by atoms with Crippen molar-refractivity contribution in [2.45, 2.75) is 36.8 Å². The van der Waals surface area contributed by atoms with Crippen molar-refractivity contribution in [3.8, 4) is 22.8 Å². The summed E-state index contributed by atoms with van der Waals surface area (Å²) in [5.74, 6) is 0.723. The van der Waals surface area contributed by atoms with Gasteiger partial charge in [-0.2, -0.15) is 0 Å². The Balaban J connectivity index is 1.39. The Morgan fingerprint density at radius 3 is 2.29 bits per heavy atom. The van der Waals surface area contributed by atoms with Gasteiger partial charge in [-0.3, -0.25) is 4.79 Å². The van der Waals surface area contributed by atoms with E-state index in [1.807, 2.05) is 19.1 Å². The molecule has 0 unspecified atom stereocenters. The molecule has 2 aromatic carbocycles. The van der Waals surface area contributed by atoms with Gasteiger partial charge in [0.05, 0.1) is 11.8 Å². The summed E-state index contributed by atoms with van der Waals surface area (Å²) in [6.07, 6.45) is 0.187. The minimum atomic E-state index is -0.557. The van der Waals surface area contributed by atoms with Gasteiger partial charge in [0.1, 0.15) is 35.8 Å². The molecule has 0 radical (unpaired) electrons. The number of anilines is 1. The van der Waals surface area contributed by atoms with Gasteiger partial charge in [0, 0.05) is 32.6 Å². The fourth-order valence-corrected chi connectivity index (χ4v) is 5.01. The normalized spacial score (nSPS) is 24.3. The summed E-state index contributed by atoms with van der Waals surface area (Å²) in [5.41, 5.74) is 1.65. The van der Waals surface area contributed by atoms with Gasteiger partial charge in [0.2, 0.25) is 0 Å². The number of nitrogens with one attached hydrogen (secondary N) is 1. The first-order valence-electron chi connectivity index (χ1n) is 11.0. The quantitative estimate of drug-likeness (QED) is 0.501. The van der Waals surface area contributed by atoms with Gasteiger partial charge in [-0.05, 0) is 67.2 Å². The van der Waals surface area contributed by atoms with E-state index in [1.54, 1.807) is 68.7 Å². The van der Waals surface area contributed by atoms with E-state index in [2.05, 4.69) is 15.4 Å². The number of methoxy groups -OCH3 is 3. The Bertz CT molecular complexity index is 1120. The standard InChI is InChI=1S/C24H28N4O6S/c1-14-19(31-2)20(32-3)21(33-4)23(34-14)35-24(30)26-16-7-5-15(6-8-16)22-25-13-28(27-22)17-9-11-18(29)12-10-17/h5-14,19-21,23,29H,1-4H3,(H,26,30)/t14-,19-,20+,21+,23-/m0/s1. The maximum atomic E-state index is 12.7. The van der Waals surface area contributed by atoms with Gasteiger partial charge >= 0.3 is 0 Å². The van der Waals surface area contributed by atoms with E-state index in [-0.39, 0.29) is 29.3 Å². The average Bonchev–Trinajstić information content (AvgIpc) is 3.34. The van der Waals surface area contributed by atoms with Gasteiger partial charge in [-0.25, -0.2) is 9.67 Å². The van der Waals surface area contributed by atoms with E-state index >= 15 is 0 Å². The number of rotatable bonds is 7. The second-order valence-corrected chi connectivity index (χ2v) is 9.02. The molecule has 1 amide bonds. The maximum Gasteiger partial charge on any atom is 0.286 e. The monoisotopic (exact) mass is 500 g/mol. The molecule has 0 bridgehead atoms. The summed E-state index contributed by atoms with van der Waals surface area (Å²) >= 11 is 1.01. The number of hydrogen-bond donors (Lipinski definition) is 2. The van der Waals surface area contributed by atoms with Crippen LogP contribution in [-0.4, -0.2) is 76.3 Å². The van der Waals surface area contributed by atoms with Crippen LogP contribution in [0, 0.1) is 0 Å². The van der Waals surface area contributed by atoms with Gasteiger partial charge < -0.3 is 29.4 Å². The molecule has 10 nitrogen and oxygen atoms in total. The van der Waals surface area contributed by atoms with Gasteiger partial charge in [-0.1, -0.05) is 0 Å². The number of carbonyl (C=O) groups is 1. The van der Waals surface area contributed by atoms with Crippen LogP contribution in [0.4, 0.5) is 10.5 Å². The predicted molar refractivity (Wildman–Crippen MR) is 132 cm³/mol. The Kier molecular flexibility index (Phi) is 8.04. The number of ether oxygens (including phenoxy) is 4. The molecule has 186 valence electrons. The predicted octanol–water partition coefficient (Wildman–Crippen LogP) is 3.69. The smallest absolute Gasteiger partial charge is 0.286 e. The lowest BCUT2D eigenvalue weighted by Crippen LogP contribution is -2.58. The summed E-state index contributed by atoms with van der Waals surface area (Å²) in [6.45, 7) is 1.88. The van der Waals surface area contributed by atoms with E-state index in [0.29, 0.717) is 11.5 Å². The summed E-state index contributed by atoms with van der Waals surface area (Å²) < 4.78 is 24.3. The molecule has 1 saturated heterocycles. The minimum absolute atomic E-state index is 0.185. The van der Waals surface area contributed by atoms with Crippen LogP contribution in [0.2, 0.25) is 0 Å². The average molecular weight is 501 g/mol. The summed E-state index contributed by atoms with van der Waals surface area (Å²) in [5, 5.41) is 16.5. The fourth-order valence-electron chi connectivity index (χ4n) is 3.99. The highest BCUT2D eigenvalue weighted by Gasteiger charge is 2.46. The third kappa shape index (κ3) is 5.65. The van der Waals surface area contributed by atoms with Crippen molar-refractivity contribution in [3.63, 3.8) is 0 Å². The van der Waals surface area contributed by atoms with E-state index in [4.69, 9.17) is 18.9 Å². The van der Waals surface area contributed by atoms with Gasteiger partial charge in [0.15, 0.2) is 5.82 Å². The molecule has 1 aromatic heterocycles. The minimum Gasteiger partial charge on any atom is -0.508 e. The first-order valence-corrected chi connectivity index (χ1v) is 11.8. The van der Waals surface area contributed by atoms with Crippen molar-refractivity contribution < 1.29 is 28.8 Å². The Morgan fingerprint density at radius 1 is 1.00 bits per heavy atom. The lowest BCUT2D eigenvalue weighted by atomic mass is 10.0. The highest BCUT2D eigenvalue weighted by atomic mass is 32.2. The molecule has 5 atom stereocenters. The van der Waals surface area contributed by atoms with Crippen LogP contribution in [0.3, 0.4) is 0 Å². The Morgan fingerprint density at radius 2 is 1.66 bits per heavy atom. The van der Waals surface area contributed by atoms with Crippen LogP contribution in [0.15, 0.2) is 54.9 Å². The van der Waals surface area contributed by atoms with Crippen molar-refractivity contribution in [3.05, 3.63) is 54.9 Å². The third-order valence-corrected chi connectivity index (χ3v) is 6.69. The third-order valence-electron chi connectivity index (χ3n) is 5.76. The molecular weight excluding hydrogens is 472 g/mol. The van der Waals surface area contributed by atoms with Gasteiger partial charge in [-0.15, -0.1) is 5.10 Å². The fraction of sp³-hybridized carbons (Fsp3) is 0.375. The summed E-state index contributed by atoms with van der Waals surface area (Å²) in [7, 11) is 4.75. The number of thioether (sulfide) groups is 1. The molecule has 3 aromatic rings. The SMILES string of the molecule is CO[C@@H]1[C@@H](OC)[C@H](C)O[C@@H](SC(=O)Nc2ccc(-c3ncn(-c4ccc(O)cc4)n3)cc2)[C@@H]1OC. The molecule has 0 spiro atoms. The molecule has 1 fully saturated rings. The number of aromatic hydroxyl groups is 1. The Hall–Kier alpha value is -2.96. The molecule has 4 rings (SSSR count). The first kappa shape index (κ1) is 25.1. The van der Waals surface area contributed by atoms with E-state index in [9.17, 15) is 9.90 Å². The number of hydrogen-bond acceptors (Lipinski definition) is 9. The second-order valence-electron chi connectivity index (χ2n) is 7.95. The number of benzene rings is 2. The molecule has 1 aliphatic heterocycles. The van der Waals surface area contributed by atoms with Crippen LogP contribution in [-0.2, 0) is 18.9 Å². The van der Waals surface area contributed by atoms with Crippen LogP contribution >= 0.6 is 11.8 Å². The highest BCUT2D eigenvalue weighted by molar-refractivity contribution is 8.14. The van der Waals surface area contributed by atoms with Crippen LogP contribution in [0.25, 0.3) is 17.1 Å². The van der Waals surface area contributed by atoms with Gasteiger partial charge in [0.25, 0.3) is 5.24 Å². The molecule has 0 saturated carbocycles. The molecular formula is C24H28N4O6S. The number of aromatic nitrogens is 3. The topological polar surface area (TPSA) is 117 Å². The van der Waals surface area contributed by atoms with Crippen molar-refractivity contribution >= 4 is 22.7 Å². The van der Waals surface area contributed by atoms with Crippen LogP contribution in [0.5, 0.6) is 5.75 Å². The Labute approximate surface area is 207 Å². The largest absolute Gasteiger partial charge is 0.508 e.